The average Bonchev–Trinajstić information content (AvgIpc) is 2.76. The van der Waals surface area contributed by atoms with Crippen molar-refractivity contribution in [2.75, 3.05) is 26.0 Å². The van der Waals surface area contributed by atoms with Gasteiger partial charge in [-0.1, -0.05) is 0 Å². The highest BCUT2D eigenvalue weighted by Gasteiger charge is 2.10. The van der Waals surface area contributed by atoms with Crippen molar-refractivity contribution >= 4 is 5.69 Å². The van der Waals surface area contributed by atoms with Crippen LogP contribution in [0.4, 0.5) is 5.69 Å². The molecular formula is C10H17N5O. The molecule has 0 aromatic carbocycles. The van der Waals surface area contributed by atoms with Crippen LogP contribution in [0.25, 0.3) is 0 Å². The summed E-state index contributed by atoms with van der Waals surface area (Å²) in [4.78, 5) is 15.8. The third-order valence-electron chi connectivity index (χ3n) is 2.73. The van der Waals surface area contributed by atoms with Crippen molar-refractivity contribution in [3.8, 4) is 0 Å². The number of aromatic nitrogens is 2. The molecule has 1 aromatic heterocycles. The summed E-state index contributed by atoms with van der Waals surface area (Å²) in [5, 5.41) is 2.96. The van der Waals surface area contributed by atoms with E-state index in [-0.39, 0.29) is 5.56 Å². The molecule has 0 radical (unpaired) electrons. The molecule has 3 N–H and O–H groups in total. The summed E-state index contributed by atoms with van der Waals surface area (Å²) in [5.74, 6) is 0. The fourth-order valence-corrected chi connectivity index (χ4v) is 1.74. The first-order valence-corrected chi connectivity index (χ1v) is 5.25. The fraction of sp³-hybridized carbons (Fsp3) is 0.500. The number of hydrogen-bond donors (Lipinski definition) is 2. The van der Waals surface area contributed by atoms with Crippen molar-refractivity contribution < 1.29 is 0 Å². The summed E-state index contributed by atoms with van der Waals surface area (Å²) >= 11 is 0. The fourth-order valence-electron chi connectivity index (χ4n) is 1.74. The standard InChI is InChI=1S/C10H17N5O/c1-8-9(11)10(16)15(12-8)6-5-14-4-3-13(2)7-14/h3-4,12H,5-7,11H2,1-2H3. The van der Waals surface area contributed by atoms with Gasteiger partial charge in [0, 0.05) is 26.0 Å². The van der Waals surface area contributed by atoms with Crippen LogP contribution in [-0.2, 0) is 6.54 Å². The van der Waals surface area contributed by atoms with Gasteiger partial charge in [-0.2, -0.15) is 0 Å². The largest absolute Gasteiger partial charge is 0.393 e. The second-order valence-corrected chi connectivity index (χ2v) is 4.12. The molecule has 0 atom stereocenters. The number of H-pyrrole nitrogens is 1. The van der Waals surface area contributed by atoms with Crippen molar-refractivity contribution in [2.24, 2.45) is 0 Å². The van der Waals surface area contributed by atoms with Gasteiger partial charge in [-0.3, -0.25) is 9.89 Å². The Balaban J connectivity index is 1.98. The Labute approximate surface area is 93.9 Å². The van der Waals surface area contributed by atoms with E-state index in [1.807, 2.05) is 19.4 Å². The van der Waals surface area contributed by atoms with Gasteiger partial charge in [-0.05, 0) is 6.92 Å². The SMILES string of the molecule is Cc1[nH]n(CCN2C=CN(C)C2)c(=O)c1N. The molecule has 0 spiro atoms. The topological polar surface area (TPSA) is 70.3 Å². The van der Waals surface area contributed by atoms with E-state index < -0.39 is 0 Å². The summed E-state index contributed by atoms with van der Waals surface area (Å²) < 4.78 is 1.55. The van der Waals surface area contributed by atoms with Crippen molar-refractivity contribution in [3.05, 3.63) is 28.4 Å². The molecular weight excluding hydrogens is 206 g/mol. The normalized spacial score (nSPS) is 15.1. The second-order valence-electron chi connectivity index (χ2n) is 4.12. The number of aryl methyl sites for hydroxylation is 1. The number of nitrogens with one attached hydrogen (secondary N) is 1. The summed E-state index contributed by atoms with van der Waals surface area (Å²) in [7, 11) is 2.01. The summed E-state index contributed by atoms with van der Waals surface area (Å²) in [5.41, 5.74) is 6.53. The lowest BCUT2D eigenvalue weighted by atomic mass is 10.4. The number of rotatable bonds is 3. The summed E-state index contributed by atoms with van der Waals surface area (Å²) in [6, 6.07) is 0. The van der Waals surface area contributed by atoms with Gasteiger partial charge in [-0.15, -0.1) is 0 Å². The summed E-state index contributed by atoms with van der Waals surface area (Å²) in [6.07, 6.45) is 4.03. The van der Waals surface area contributed by atoms with Gasteiger partial charge in [0.1, 0.15) is 5.69 Å². The Kier molecular flexibility index (Phi) is 2.64. The Morgan fingerprint density at radius 1 is 1.44 bits per heavy atom. The van der Waals surface area contributed by atoms with Crippen molar-refractivity contribution in [1.82, 2.24) is 19.6 Å². The van der Waals surface area contributed by atoms with Crippen LogP contribution in [0.2, 0.25) is 0 Å². The van der Waals surface area contributed by atoms with Gasteiger partial charge in [0.05, 0.1) is 18.9 Å². The minimum atomic E-state index is -0.131. The minimum Gasteiger partial charge on any atom is -0.393 e. The Hall–Kier alpha value is -1.85. The third-order valence-corrected chi connectivity index (χ3v) is 2.73. The highest BCUT2D eigenvalue weighted by Crippen LogP contribution is 2.04. The number of anilines is 1. The minimum absolute atomic E-state index is 0.131. The molecule has 0 unspecified atom stereocenters. The van der Waals surface area contributed by atoms with Gasteiger partial charge >= 0.3 is 0 Å². The molecule has 1 aliphatic heterocycles. The molecule has 1 aromatic rings. The molecule has 6 nitrogen and oxygen atoms in total. The van der Waals surface area contributed by atoms with E-state index in [9.17, 15) is 4.79 Å². The molecule has 6 heteroatoms. The average molecular weight is 223 g/mol. The first-order chi connectivity index (χ1) is 7.58. The maximum Gasteiger partial charge on any atom is 0.289 e. The Morgan fingerprint density at radius 2 is 2.19 bits per heavy atom. The highest BCUT2D eigenvalue weighted by atomic mass is 16.1. The van der Waals surface area contributed by atoms with Crippen molar-refractivity contribution in [2.45, 2.75) is 13.5 Å². The van der Waals surface area contributed by atoms with Crippen LogP contribution < -0.4 is 11.3 Å². The Morgan fingerprint density at radius 3 is 2.69 bits per heavy atom. The smallest absolute Gasteiger partial charge is 0.289 e. The number of nitrogen functional groups attached to an aromatic ring is 1. The zero-order valence-electron chi connectivity index (χ0n) is 9.60. The third kappa shape index (κ3) is 1.91. The van der Waals surface area contributed by atoms with Crippen LogP contribution in [-0.4, -0.2) is 39.8 Å². The predicted octanol–water partition coefficient (Wildman–Crippen LogP) is -0.257. The molecule has 2 heterocycles. The van der Waals surface area contributed by atoms with Crippen LogP contribution in [0.3, 0.4) is 0 Å². The molecule has 0 aliphatic carbocycles. The molecule has 2 rings (SSSR count). The zero-order chi connectivity index (χ0) is 11.7. The maximum atomic E-state index is 11.6. The monoisotopic (exact) mass is 223 g/mol. The van der Waals surface area contributed by atoms with E-state index in [1.54, 1.807) is 11.6 Å². The van der Waals surface area contributed by atoms with Crippen molar-refractivity contribution in [3.63, 3.8) is 0 Å². The number of nitrogens with zero attached hydrogens (tertiary/aromatic N) is 3. The van der Waals surface area contributed by atoms with Gasteiger partial charge in [0.15, 0.2) is 0 Å². The van der Waals surface area contributed by atoms with Crippen LogP contribution in [0, 0.1) is 6.92 Å². The van der Waals surface area contributed by atoms with Crippen LogP contribution in [0.15, 0.2) is 17.2 Å². The number of aromatic amines is 1. The van der Waals surface area contributed by atoms with E-state index in [0.717, 1.165) is 18.9 Å². The van der Waals surface area contributed by atoms with Crippen LogP contribution >= 0.6 is 0 Å². The zero-order valence-corrected chi connectivity index (χ0v) is 9.60. The predicted molar refractivity (Wildman–Crippen MR) is 62.7 cm³/mol. The maximum absolute atomic E-state index is 11.6. The van der Waals surface area contributed by atoms with Crippen LogP contribution in [0.1, 0.15) is 5.69 Å². The van der Waals surface area contributed by atoms with E-state index in [0.29, 0.717) is 12.2 Å². The molecule has 16 heavy (non-hydrogen) atoms. The lowest BCUT2D eigenvalue weighted by molar-refractivity contribution is 0.282. The van der Waals surface area contributed by atoms with E-state index >= 15 is 0 Å². The molecule has 0 bridgehead atoms. The van der Waals surface area contributed by atoms with E-state index in [1.165, 1.54) is 0 Å². The number of hydrogen-bond acceptors (Lipinski definition) is 4. The lowest BCUT2D eigenvalue weighted by Gasteiger charge is -2.17. The molecule has 1 aliphatic rings. The lowest BCUT2D eigenvalue weighted by Crippen LogP contribution is -2.29. The first kappa shape index (κ1) is 10.7. The molecule has 0 amide bonds. The van der Waals surface area contributed by atoms with Gasteiger partial charge in [0.2, 0.25) is 0 Å². The van der Waals surface area contributed by atoms with E-state index in [4.69, 9.17) is 5.73 Å². The highest BCUT2D eigenvalue weighted by molar-refractivity contribution is 5.39. The van der Waals surface area contributed by atoms with Gasteiger partial charge in [0.25, 0.3) is 5.56 Å². The van der Waals surface area contributed by atoms with Crippen molar-refractivity contribution in [1.29, 1.82) is 0 Å². The van der Waals surface area contributed by atoms with Gasteiger partial charge < -0.3 is 15.5 Å². The molecule has 88 valence electrons. The summed E-state index contributed by atoms with van der Waals surface area (Å²) in [6.45, 7) is 4.08. The van der Waals surface area contributed by atoms with E-state index in [2.05, 4.69) is 14.9 Å². The molecule has 0 fully saturated rings. The molecule has 0 saturated heterocycles. The second kappa shape index (κ2) is 3.96. The Bertz CT molecular complexity index is 458. The van der Waals surface area contributed by atoms with Gasteiger partial charge in [-0.25, -0.2) is 4.68 Å². The number of nitrogens with two attached hydrogens (primary N) is 1. The first-order valence-electron chi connectivity index (χ1n) is 5.25. The molecule has 0 saturated carbocycles. The van der Waals surface area contributed by atoms with Crippen LogP contribution in [0.5, 0.6) is 0 Å². The quantitative estimate of drug-likeness (QED) is 0.741.